The van der Waals surface area contributed by atoms with Gasteiger partial charge in [-0.1, -0.05) is 177 Å². The lowest BCUT2D eigenvalue weighted by atomic mass is 9.82. The number of benzene rings is 9. The molecule has 1 aliphatic rings. The topological polar surface area (TPSA) is 3.24 Å². The van der Waals surface area contributed by atoms with Crippen molar-refractivity contribution in [2.24, 2.45) is 0 Å². The Labute approximate surface area is 337 Å². The van der Waals surface area contributed by atoms with Gasteiger partial charge in [-0.3, -0.25) is 0 Å². The lowest BCUT2D eigenvalue weighted by Crippen LogP contribution is -2.16. The van der Waals surface area contributed by atoms with Crippen LogP contribution in [0.4, 0.5) is 17.1 Å². The fraction of sp³-hybridized carbons (Fsp3) is 0.107. The van der Waals surface area contributed by atoms with Crippen LogP contribution in [0.1, 0.15) is 41.7 Å². The molecule has 0 unspecified atom stereocenters. The van der Waals surface area contributed by atoms with Crippen molar-refractivity contribution in [1.29, 1.82) is 0 Å². The second-order valence-electron chi connectivity index (χ2n) is 15.9. The second kappa shape index (κ2) is 14.8. The molecule has 276 valence electrons. The lowest BCUT2D eigenvalue weighted by molar-refractivity contribution is 0.660. The third-order valence-corrected chi connectivity index (χ3v) is 11.9. The summed E-state index contributed by atoms with van der Waals surface area (Å²) in [5.74, 6) is 0. The van der Waals surface area contributed by atoms with E-state index in [4.69, 9.17) is 0 Å². The van der Waals surface area contributed by atoms with Crippen LogP contribution in [0, 0.1) is 20.8 Å². The quantitative estimate of drug-likeness (QED) is 0.170. The van der Waals surface area contributed by atoms with Crippen LogP contribution in [0.5, 0.6) is 0 Å². The summed E-state index contributed by atoms with van der Waals surface area (Å²) < 4.78 is 0. The Morgan fingerprint density at radius 3 is 1.46 bits per heavy atom. The standard InChI is InChI=1S/C34H29N.C22H18/c1-24-13-15-25(16-14-24)26-17-19-28(20-18-26)35(27-9-5-4-6-10-27)29-21-22-31-30-11-7-8-12-32(30)34(2,3)33(31)23-29;1-15-11-13-17-7-3-5-9-19(17)21(15)22-16(2)12-14-18-8-4-6-10-20(18)22/h4-23H,1-3H3;3-14H,1-2H3. The molecule has 0 radical (unpaired) electrons. The highest BCUT2D eigenvalue weighted by Gasteiger charge is 2.35. The third kappa shape index (κ3) is 6.60. The van der Waals surface area contributed by atoms with Gasteiger partial charge >= 0.3 is 0 Å². The zero-order valence-corrected chi connectivity index (χ0v) is 33.4. The minimum Gasteiger partial charge on any atom is -0.310 e. The first-order valence-electron chi connectivity index (χ1n) is 20.0. The van der Waals surface area contributed by atoms with Crippen LogP contribution in [-0.2, 0) is 5.41 Å². The number of anilines is 3. The van der Waals surface area contributed by atoms with Crippen LogP contribution in [0.25, 0.3) is 54.9 Å². The SMILES string of the molecule is Cc1ccc(-c2ccc(N(c3ccccc3)c3ccc4c(c3)C(C)(C)c3ccccc3-4)cc2)cc1.Cc1ccc2ccccc2c1-c1c(C)ccc2ccccc12. The van der Waals surface area contributed by atoms with Gasteiger partial charge < -0.3 is 4.90 Å². The number of nitrogens with zero attached hydrogens (tertiary/aromatic N) is 1. The first-order chi connectivity index (χ1) is 27.8. The molecule has 1 aliphatic carbocycles. The highest BCUT2D eigenvalue weighted by atomic mass is 15.1. The summed E-state index contributed by atoms with van der Waals surface area (Å²) in [6, 6.07) is 70.3. The second-order valence-corrected chi connectivity index (χ2v) is 15.9. The Bertz CT molecular complexity index is 2800. The number of rotatable bonds is 5. The van der Waals surface area contributed by atoms with E-state index < -0.39 is 0 Å². The van der Waals surface area contributed by atoms with Gasteiger partial charge in [0.05, 0.1) is 0 Å². The van der Waals surface area contributed by atoms with Crippen molar-refractivity contribution in [3.63, 3.8) is 0 Å². The van der Waals surface area contributed by atoms with Crippen molar-refractivity contribution in [3.8, 4) is 33.4 Å². The van der Waals surface area contributed by atoms with Crippen molar-refractivity contribution in [2.45, 2.75) is 40.0 Å². The molecule has 0 N–H and O–H groups in total. The van der Waals surface area contributed by atoms with Gasteiger partial charge in [0.1, 0.15) is 0 Å². The molecule has 10 rings (SSSR count). The van der Waals surface area contributed by atoms with E-state index in [2.05, 4.69) is 234 Å². The molecular formula is C56H47N. The summed E-state index contributed by atoms with van der Waals surface area (Å²) in [7, 11) is 0. The Hall–Kier alpha value is -6.70. The van der Waals surface area contributed by atoms with E-state index in [1.807, 2.05) is 0 Å². The van der Waals surface area contributed by atoms with Gasteiger partial charge in [0.15, 0.2) is 0 Å². The zero-order valence-electron chi connectivity index (χ0n) is 33.4. The van der Waals surface area contributed by atoms with Gasteiger partial charge in [-0.2, -0.15) is 0 Å². The average molecular weight is 734 g/mol. The summed E-state index contributed by atoms with van der Waals surface area (Å²) >= 11 is 0. The molecule has 0 saturated carbocycles. The van der Waals surface area contributed by atoms with Gasteiger partial charge in [0.25, 0.3) is 0 Å². The maximum absolute atomic E-state index is 2.39. The summed E-state index contributed by atoms with van der Waals surface area (Å²) in [6.45, 7) is 11.2. The van der Waals surface area contributed by atoms with Gasteiger partial charge in [-0.15, -0.1) is 0 Å². The Morgan fingerprint density at radius 2 is 0.842 bits per heavy atom. The Balaban J connectivity index is 0.000000165. The van der Waals surface area contributed by atoms with Crippen molar-refractivity contribution >= 4 is 38.6 Å². The maximum Gasteiger partial charge on any atom is 0.0465 e. The smallest absolute Gasteiger partial charge is 0.0465 e. The van der Waals surface area contributed by atoms with E-state index in [1.54, 1.807) is 0 Å². The molecule has 0 atom stereocenters. The molecule has 0 spiro atoms. The van der Waals surface area contributed by atoms with Crippen molar-refractivity contribution < 1.29 is 0 Å². The van der Waals surface area contributed by atoms with Crippen LogP contribution in [-0.4, -0.2) is 0 Å². The fourth-order valence-corrected chi connectivity index (χ4v) is 8.83. The largest absolute Gasteiger partial charge is 0.310 e. The summed E-state index contributed by atoms with van der Waals surface area (Å²) in [6.07, 6.45) is 0. The molecule has 0 saturated heterocycles. The van der Waals surface area contributed by atoms with Crippen LogP contribution in [0.2, 0.25) is 0 Å². The highest BCUT2D eigenvalue weighted by molar-refractivity contribution is 6.07. The molecule has 9 aromatic rings. The summed E-state index contributed by atoms with van der Waals surface area (Å²) in [4.78, 5) is 2.36. The van der Waals surface area contributed by atoms with Gasteiger partial charge in [0.2, 0.25) is 0 Å². The molecule has 0 aromatic heterocycles. The summed E-state index contributed by atoms with van der Waals surface area (Å²) in [5.41, 5.74) is 18.1. The van der Waals surface area contributed by atoms with Crippen LogP contribution < -0.4 is 4.90 Å². The minimum atomic E-state index is -0.0282. The lowest BCUT2D eigenvalue weighted by Gasteiger charge is -2.28. The number of para-hydroxylation sites is 1. The molecule has 0 amide bonds. The van der Waals surface area contributed by atoms with Crippen LogP contribution in [0.3, 0.4) is 0 Å². The number of aryl methyl sites for hydroxylation is 3. The van der Waals surface area contributed by atoms with Crippen LogP contribution >= 0.6 is 0 Å². The molecule has 1 heteroatoms. The molecule has 9 aromatic carbocycles. The fourth-order valence-electron chi connectivity index (χ4n) is 8.83. The third-order valence-electron chi connectivity index (χ3n) is 11.9. The minimum absolute atomic E-state index is 0.0282. The monoisotopic (exact) mass is 733 g/mol. The van der Waals surface area contributed by atoms with E-state index in [0.29, 0.717) is 0 Å². The molecule has 0 bridgehead atoms. The molecule has 0 heterocycles. The van der Waals surface area contributed by atoms with Crippen LogP contribution in [0.15, 0.2) is 194 Å². The van der Waals surface area contributed by atoms with E-state index in [0.717, 1.165) is 11.4 Å². The van der Waals surface area contributed by atoms with E-state index in [1.165, 1.54) is 88.4 Å². The first-order valence-corrected chi connectivity index (χ1v) is 20.0. The Kier molecular flexibility index (Phi) is 9.31. The molecular weight excluding hydrogens is 687 g/mol. The van der Waals surface area contributed by atoms with Crippen molar-refractivity contribution in [3.05, 3.63) is 222 Å². The van der Waals surface area contributed by atoms with E-state index in [9.17, 15) is 0 Å². The van der Waals surface area contributed by atoms with E-state index >= 15 is 0 Å². The van der Waals surface area contributed by atoms with Gasteiger partial charge in [-0.25, -0.2) is 0 Å². The predicted molar refractivity (Wildman–Crippen MR) is 245 cm³/mol. The van der Waals surface area contributed by atoms with Crippen molar-refractivity contribution in [2.75, 3.05) is 4.90 Å². The van der Waals surface area contributed by atoms with Crippen molar-refractivity contribution in [1.82, 2.24) is 0 Å². The Morgan fingerprint density at radius 1 is 0.368 bits per heavy atom. The first kappa shape index (κ1) is 36.0. The maximum atomic E-state index is 2.39. The highest BCUT2D eigenvalue weighted by Crippen LogP contribution is 2.50. The number of fused-ring (bicyclic) bond motifs is 5. The summed E-state index contributed by atoms with van der Waals surface area (Å²) in [5, 5.41) is 5.27. The number of hydrogen-bond donors (Lipinski definition) is 0. The molecule has 1 nitrogen and oxygen atoms in total. The average Bonchev–Trinajstić information content (AvgIpc) is 3.48. The predicted octanol–water partition coefficient (Wildman–Crippen LogP) is 15.7. The zero-order chi connectivity index (χ0) is 39.1. The normalized spacial score (nSPS) is 12.4. The number of hydrogen-bond acceptors (Lipinski definition) is 1. The molecule has 57 heavy (non-hydrogen) atoms. The van der Waals surface area contributed by atoms with Gasteiger partial charge in [-0.05, 0) is 134 Å². The molecule has 0 fully saturated rings. The van der Waals surface area contributed by atoms with Gasteiger partial charge in [0, 0.05) is 22.5 Å². The molecule has 0 aliphatic heterocycles. The van der Waals surface area contributed by atoms with E-state index in [-0.39, 0.29) is 5.41 Å².